The third kappa shape index (κ3) is 4.61. The van der Waals surface area contributed by atoms with E-state index in [0.717, 1.165) is 30.4 Å². The number of amides is 2. The minimum absolute atomic E-state index is 0.0356. The first kappa shape index (κ1) is 22.5. The first-order valence-electron chi connectivity index (χ1n) is 11.3. The number of esters is 1. The summed E-state index contributed by atoms with van der Waals surface area (Å²) < 4.78 is 4.90. The number of aryl methyl sites for hydroxylation is 2. The Morgan fingerprint density at radius 3 is 2.61 bits per heavy atom. The number of benzene rings is 2. The van der Waals surface area contributed by atoms with Crippen molar-refractivity contribution < 1.29 is 19.1 Å². The minimum atomic E-state index is -0.581. The highest BCUT2D eigenvalue weighted by atomic mass is 16.5. The van der Waals surface area contributed by atoms with Crippen molar-refractivity contribution in [3.63, 3.8) is 0 Å². The van der Waals surface area contributed by atoms with E-state index in [0.29, 0.717) is 49.2 Å². The molecule has 2 amide bonds. The van der Waals surface area contributed by atoms with Crippen LogP contribution in [0.3, 0.4) is 0 Å². The van der Waals surface area contributed by atoms with Gasteiger partial charge in [0.2, 0.25) is 5.91 Å². The van der Waals surface area contributed by atoms with Crippen LogP contribution in [0.4, 0.5) is 5.69 Å². The van der Waals surface area contributed by atoms with Gasteiger partial charge < -0.3 is 14.5 Å². The molecule has 2 aromatic carbocycles. The molecule has 0 N–H and O–H groups in total. The summed E-state index contributed by atoms with van der Waals surface area (Å²) >= 11 is 0. The highest BCUT2D eigenvalue weighted by Gasteiger charge is 2.37. The zero-order valence-electron chi connectivity index (χ0n) is 18.8. The average Bonchev–Trinajstić information content (AvgIpc) is 3.36. The smallest absolute Gasteiger partial charge is 0.328 e. The van der Waals surface area contributed by atoms with Gasteiger partial charge in [-0.05, 0) is 61.4 Å². The minimum Gasteiger partial charge on any atom is -0.467 e. The Morgan fingerprint density at radius 2 is 1.88 bits per heavy atom. The zero-order chi connectivity index (χ0) is 23.4. The number of ether oxygens (including phenoxy) is 1. The Hall–Kier alpha value is -3.66. The van der Waals surface area contributed by atoms with Crippen LogP contribution in [0, 0.1) is 11.3 Å². The molecule has 2 aliphatic heterocycles. The number of anilines is 1. The number of carbonyl (C=O) groups excluding carboxylic acids is 3. The lowest BCUT2D eigenvalue weighted by molar-refractivity contribution is -0.145. The molecule has 0 radical (unpaired) electrons. The van der Waals surface area contributed by atoms with Crippen LogP contribution in [0.5, 0.6) is 0 Å². The van der Waals surface area contributed by atoms with Gasteiger partial charge in [0.25, 0.3) is 5.91 Å². The fourth-order valence-electron chi connectivity index (χ4n) is 4.75. The second-order valence-corrected chi connectivity index (χ2v) is 8.45. The molecule has 0 saturated carbocycles. The van der Waals surface area contributed by atoms with E-state index in [1.54, 1.807) is 28.0 Å². The van der Waals surface area contributed by atoms with E-state index in [4.69, 9.17) is 10.00 Å². The van der Waals surface area contributed by atoms with E-state index < -0.39 is 12.0 Å². The van der Waals surface area contributed by atoms with Gasteiger partial charge in [-0.3, -0.25) is 9.59 Å². The third-order valence-corrected chi connectivity index (χ3v) is 6.45. The van der Waals surface area contributed by atoms with Gasteiger partial charge in [-0.2, -0.15) is 5.26 Å². The van der Waals surface area contributed by atoms with Crippen LogP contribution in [-0.4, -0.2) is 48.9 Å². The number of likely N-dealkylation sites (tertiary alicyclic amines) is 1. The normalized spacial score (nSPS) is 17.3. The summed E-state index contributed by atoms with van der Waals surface area (Å²) in [6.45, 7) is 1.05. The van der Waals surface area contributed by atoms with Crippen molar-refractivity contribution in [2.75, 3.05) is 25.1 Å². The van der Waals surface area contributed by atoms with E-state index in [1.807, 2.05) is 24.3 Å². The molecule has 2 aliphatic rings. The first-order valence-corrected chi connectivity index (χ1v) is 11.3. The van der Waals surface area contributed by atoms with Crippen molar-refractivity contribution in [3.8, 4) is 6.07 Å². The summed E-state index contributed by atoms with van der Waals surface area (Å²) in [5.74, 6) is -0.668. The Balaban J connectivity index is 1.56. The summed E-state index contributed by atoms with van der Waals surface area (Å²) in [7, 11) is 1.34. The van der Waals surface area contributed by atoms with Gasteiger partial charge in [0.15, 0.2) is 0 Å². The van der Waals surface area contributed by atoms with Crippen LogP contribution in [-0.2, 0) is 27.2 Å². The molecule has 1 atom stereocenters. The predicted molar refractivity (Wildman–Crippen MR) is 123 cm³/mol. The predicted octanol–water partition coefficient (Wildman–Crippen LogP) is 3.25. The van der Waals surface area contributed by atoms with Gasteiger partial charge in [-0.15, -0.1) is 0 Å². The molecule has 0 aromatic heterocycles. The van der Waals surface area contributed by atoms with E-state index in [-0.39, 0.29) is 11.8 Å². The molecule has 2 heterocycles. The highest BCUT2D eigenvalue weighted by Crippen LogP contribution is 2.34. The molecule has 7 nitrogen and oxygen atoms in total. The molecule has 1 fully saturated rings. The SMILES string of the molecule is COC(=O)C1CCCN1C(=O)c1cccc2c1N(C(=O)CCc1ccc(C#N)cc1)CCC2. The topological polar surface area (TPSA) is 90.7 Å². The zero-order valence-corrected chi connectivity index (χ0v) is 18.8. The third-order valence-electron chi connectivity index (χ3n) is 6.45. The molecule has 1 saturated heterocycles. The lowest BCUT2D eigenvalue weighted by Crippen LogP contribution is -2.43. The lowest BCUT2D eigenvalue weighted by Gasteiger charge is -2.33. The maximum atomic E-state index is 13.5. The number of hydrogen-bond donors (Lipinski definition) is 0. The van der Waals surface area contributed by atoms with Crippen LogP contribution in [0.25, 0.3) is 0 Å². The van der Waals surface area contributed by atoms with Gasteiger partial charge in [0, 0.05) is 19.5 Å². The number of hydrogen-bond acceptors (Lipinski definition) is 5. The molecule has 0 aliphatic carbocycles. The van der Waals surface area contributed by atoms with E-state index in [2.05, 4.69) is 6.07 Å². The van der Waals surface area contributed by atoms with Crippen LogP contribution in [0.1, 0.15) is 52.7 Å². The Kier molecular flexibility index (Phi) is 6.74. The maximum Gasteiger partial charge on any atom is 0.328 e. The van der Waals surface area contributed by atoms with Gasteiger partial charge in [0.1, 0.15) is 6.04 Å². The van der Waals surface area contributed by atoms with Gasteiger partial charge >= 0.3 is 5.97 Å². The molecule has 33 heavy (non-hydrogen) atoms. The monoisotopic (exact) mass is 445 g/mol. The number of nitrogens with zero attached hydrogens (tertiary/aromatic N) is 3. The number of nitriles is 1. The fraction of sp³-hybridized carbons (Fsp3) is 0.385. The number of carbonyl (C=O) groups is 3. The van der Waals surface area contributed by atoms with E-state index in [9.17, 15) is 14.4 Å². The standard InChI is InChI=1S/C26H27N3O4/c1-33-26(32)22-8-4-15-28(22)25(31)21-7-2-5-20-6-3-16-29(24(20)21)23(30)14-13-18-9-11-19(17-27)12-10-18/h2,5,7,9-12,22H,3-4,6,8,13-16H2,1H3. The summed E-state index contributed by atoms with van der Waals surface area (Å²) in [6, 6.07) is 14.3. The van der Waals surface area contributed by atoms with Crippen molar-refractivity contribution in [3.05, 3.63) is 64.7 Å². The maximum absolute atomic E-state index is 13.5. The van der Waals surface area contributed by atoms with E-state index in [1.165, 1.54) is 7.11 Å². The second kappa shape index (κ2) is 9.86. The number of fused-ring (bicyclic) bond motifs is 1. The molecular formula is C26H27N3O4. The first-order chi connectivity index (χ1) is 16.0. The van der Waals surface area contributed by atoms with Gasteiger partial charge in [0.05, 0.1) is 30.0 Å². The Morgan fingerprint density at radius 1 is 1.09 bits per heavy atom. The fourth-order valence-corrected chi connectivity index (χ4v) is 4.75. The van der Waals surface area contributed by atoms with Gasteiger partial charge in [-0.25, -0.2) is 4.79 Å². The van der Waals surface area contributed by atoms with Crippen molar-refractivity contribution in [2.24, 2.45) is 0 Å². The average molecular weight is 446 g/mol. The summed E-state index contributed by atoms with van der Waals surface area (Å²) in [5.41, 5.74) is 3.70. The number of para-hydroxylation sites is 1. The molecule has 4 rings (SSSR count). The van der Waals surface area contributed by atoms with Crippen LogP contribution in [0.15, 0.2) is 42.5 Å². The molecule has 1 unspecified atom stereocenters. The molecule has 2 aromatic rings. The molecule has 0 spiro atoms. The quantitative estimate of drug-likeness (QED) is 0.659. The summed E-state index contributed by atoms with van der Waals surface area (Å²) in [6.07, 6.45) is 3.83. The van der Waals surface area contributed by atoms with Crippen molar-refractivity contribution >= 4 is 23.5 Å². The van der Waals surface area contributed by atoms with Crippen molar-refractivity contribution in [1.82, 2.24) is 4.90 Å². The van der Waals surface area contributed by atoms with Crippen molar-refractivity contribution in [2.45, 2.75) is 44.6 Å². The van der Waals surface area contributed by atoms with Gasteiger partial charge in [-0.1, -0.05) is 24.3 Å². The lowest BCUT2D eigenvalue weighted by atomic mass is 9.96. The largest absolute Gasteiger partial charge is 0.467 e. The second-order valence-electron chi connectivity index (χ2n) is 8.45. The molecular weight excluding hydrogens is 418 g/mol. The number of rotatable bonds is 5. The summed E-state index contributed by atoms with van der Waals surface area (Å²) in [4.78, 5) is 42.3. The Bertz CT molecular complexity index is 1100. The Labute approximate surface area is 193 Å². The molecule has 7 heteroatoms. The molecule has 170 valence electrons. The number of methoxy groups -OCH3 is 1. The summed E-state index contributed by atoms with van der Waals surface area (Å²) in [5, 5.41) is 8.95. The van der Waals surface area contributed by atoms with Crippen LogP contribution < -0.4 is 4.90 Å². The molecule has 0 bridgehead atoms. The van der Waals surface area contributed by atoms with Crippen LogP contribution >= 0.6 is 0 Å². The van der Waals surface area contributed by atoms with E-state index >= 15 is 0 Å². The highest BCUT2D eigenvalue weighted by molar-refractivity contribution is 6.07. The van der Waals surface area contributed by atoms with Crippen LogP contribution in [0.2, 0.25) is 0 Å². The van der Waals surface area contributed by atoms with Crippen molar-refractivity contribution in [1.29, 1.82) is 5.26 Å².